The Kier molecular flexibility index (Phi) is 4.67. The molecule has 1 aromatic carbocycles. The van der Waals surface area contributed by atoms with Gasteiger partial charge in [0.25, 0.3) is 21.1 Å². The molecule has 1 fully saturated rings. The number of benzene rings is 1. The molecule has 2 bridgehead atoms. The average Bonchev–Trinajstić information content (AvgIpc) is 3.48. The van der Waals surface area contributed by atoms with Gasteiger partial charge < -0.3 is 0 Å². The Morgan fingerprint density at radius 1 is 1.11 bits per heavy atom. The van der Waals surface area contributed by atoms with Crippen LogP contribution in [0.4, 0.5) is 8.78 Å². The van der Waals surface area contributed by atoms with E-state index in [1.165, 1.54) is 24.5 Å². The third-order valence-electron chi connectivity index (χ3n) is 7.61. The molecule has 3 heterocycles. The lowest BCUT2D eigenvalue weighted by Crippen LogP contribution is -2.38. The van der Waals surface area contributed by atoms with Gasteiger partial charge in [-0.25, -0.2) is 37.3 Å². The first-order valence-corrected chi connectivity index (χ1v) is 12.7. The summed E-state index contributed by atoms with van der Waals surface area (Å²) < 4.78 is 53.3. The van der Waals surface area contributed by atoms with Crippen molar-refractivity contribution in [3.63, 3.8) is 0 Å². The fraction of sp³-hybridized carbons (Fsp3) is 0.304. The minimum absolute atomic E-state index is 0.0651. The van der Waals surface area contributed by atoms with E-state index in [1.807, 2.05) is 0 Å². The van der Waals surface area contributed by atoms with Crippen LogP contribution in [0.15, 0.2) is 48.0 Å². The lowest BCUT2D eigenvalue weighted by atomic mass is 9.66. The van der Waals surface area contributed by atoms with Gasteiger partial charge in [-0.05, 0) is 54.0 Å². The second kappa shape index (κ2) is 7.40. The minimum Gasteiger partial charge on any atom is -0.222 e. The van der Waals surface area contributed by atoms with Gasteiger partial charge in [0.15, 0.2) is 0 Å². The molecule has 2 N–H and O–H groups in total. The predicted molar refractivity (Wildman–Crippen MR) is 122 cm³/mol. The van der Waals surface area contributed by atoms with Gasteiger partial charge >= 0.3 is 0 Å². The van der Waals surface area contributed by atoms with Crippen molar-refractivity contribution in [2.45, 2.75) is 43.2 Å². The maximum atomic E-state index is 14.5. The first kappa shape index (κ1) is 22.7. The predicted octanol–water partition coefficient (Wildman–Crippen LogP) is 2.64. The second-order valence-corrected chi connectivity index (χ2v) is 11.1. The van der Waals surface area contributed by atoms with Crippen LogP contribution in [0.3, 0.4) is 0 Å². The third-order valence-corrected chi connectivity index (χ3v) is 8.31. The van der Waals surface area contributed by atoms with E-state index in [0.717, 1.165) is 23.1 Å². The summed E-state index contributed by atoms with van der Waals surface area (Å²) in [5, 5.41) is 17.2. The Balaban J connectivity index is 1.49. The van der Waals surface area contributed by atoms with Crippen molar-refractivity contribution in [3.05, 3.63) is 71.4 Å². The quantitative estimate of drug-likeness (QED) is 0.441. The maximum Gasteiger partial charge on any atom is 0.282 e. The summed E-state index contributed by atoms with van der Waals surface area (Å²) in [4.78, 5) is 12.7. The second-order valence-electron chi connectivity index (χ2n) is 9.61. The smallest absolute Gasteiger partial charge is 0.222 e. The lowest BCUT2D eigenvalue weighted by molar-refractivity contribution is 0.242. The molecule has 3 aromatic heterocycles. The van der Waals surface area contributed by atoms with Crippen molar-refractivity contribution in [2.75, 3.05) is 0 Å². The molecule has 4 aromatic rings. The third kappa shape index (κ3) is 2.99. The zero-order valence-corrected chi connectivity index (χ0v) is 20.0. The molecule has 0 unspecified atom stereocenters. The molecule has 1 saturated carbocycles. The summed E-state index contributed by atoms with van der Waals surface area (Å²) in [7, 11) is -4.09. The first-order chi connectivity index (χ1) is 17.0. The van der Waals surface area contributed by atoms with Crippen molar-refractivity contribution in [1.29, 1.82) is 0 Å². The topological polar surface area (TPSA) is 142 Å². The number of fused-ring (bicyclic) bond motifs is 5. The number of aromatic nitrogens is 7. The lowest BCUT2D eigenvalue weighted by Gasteiger charge is -2.37. The highest BCUT2D eigenvalue weighted by atomic mass is 32.2. The Morgan fingerprint density at radius 2 is 1.86 bits per heavy atom. The SMILES string of the molecule is CC1(C)[C@H]2CC[C@@]1(c1ccnc(-n3cnc(S(N)(=O)=O)n3)n1)c1nnc(-c3c(F)cccc3F)cc12. The summed E-state index contributed by atoms with van der Waals surface area (Å²) in [5.41, 5.74) is 1.19. The molecule has 2 aliphatic carbocycles. The highest BCUT2D eigenvalue weighted by Crippen LogP contribution is 2.69. The van der Waals surface area contributed by atoms with Gasteiger partial charge in [0.2, 0.25) is 0 Å². The number of primary sulfonamides is 1. The molecule has 0 amide bonds. The Morgan fingerprint density at radius 3 is 2.56 bits per heavy atom. The number of sulfonamides is 1. The standard InChI is InChI=1S/C23H20F2N8O2S/c1-22(2)13-6-8-23(22,17-7-9-27-20(29-17)33-11-28-21(32-33)36(26,34)35)19-12(13)10-16(30-31-19)18-14(24)4-3-5-15(18)25/h3-5,7,9-11,13H,6,8H2,1-2H3,(H2,26,34,35)/t13-,23+/m0/s1. The van der Waals surface area contributed by atoms with Crippen LogP contribution in [0.2, 0.25) is 0 Å². The van der Waals surface area contributed by atoms with Crippen molar-refractivity contribution in [2.24, 2.45) is 10.6 Å². The average molecular weight is 511 g/mol. The summed E-state index contributed by atoms with van der Waals surface area (Å²) >= 11 is 0. The highest BCUT2D eigenvalue weighted by molar-refractivity contribution is 7.89. The van der Waals surface area contributed by atoms with E-state index in [4.69, 9.17) is 10.1 Å². The number of halogens is 2. The minimum atomic E-state index is -4.09. The van der Waals surface area contributed by atoms with Gasteiger partial charge in [-0.1, -0.05) is 19.9 Å². The van der Waals surface area contributed by atoms with Gasteiger partial charge in [-0.2, -0.15) is 9.78 Å². The number of hydrogen-bond acceptors (Lipinski definition) is 8. The number of rotatable bonds is 4. The Bertz CT molecular complexity index is 1640. The number of hydrogen-bond donors (Lipinski definition) is 1. The van der Waals surface area contributed by atoms with E-state index in [1.54, 1.807) is 18.3 Å². The monoisotopic (exact) mass is 510 g/mol. The molecule has 0 radical (unpaired) electrons. The Hall–Kier alpha value is -3.71. The summed E-state index contributed by atoms with van der Waals surface area (Å²) in [5.74, 6) is -1.22. The van der Waals surface area contributed by atoms with Gasteiger partial charge in [-0.15, -0.1) is 10.2 Å². The molecule has 2 aliphatic rings. The van der Waals surface area contributed by atoms with Crippen LogP contribution >= 0.6 is 0 Å². The van der Waals surface area contributed by atoms with Crippen LogP contribution in [-0.4, -0.2) is 43.3 Å². The van der Waals surface area contributed by atoms with Crippen LogP contribution in [0.1, 0.15) is 49.6 Å². The van der Waals surface area contributed by atoms with Gasteiger partial charge in [0.1, 0.15) is 18.0 Å². The highest BCUT2D eigenvalue weighted by Gasteiger charge is 2.65. The van der Waals surface area contributed by atoms with Gasteiger partial charge in [0, 0.05) is 6.20 Å². The summed E-state index contributed by atoms with van der Waals surface area (Å²) in [6.07, 6.45) is 4.29. The zero-order chi connectivity index (χ0) is 25.5. The molecule has 2 atom stereocenters. The van der Waals surface area contributed by atoms with Gasteiger partial charge in [-0.3, -0.25) is 0 Å². The summed E-state index contributed by atoms with van der Waals surface area (Å²) in [6, 6.07) is 7.21. The van der Waals surface area contributed by atoms with E-state index in [2.05, 4.69) is 39.1 Å². The van der Waals surface area contributed by atoms with Gasteiger partial charge in [0.05, 0.1) is 28.1 Å². The maximum absolute atomic E-state index is 14.5. The van der Waals surface area contributed by atoms with E-state index in [-0.39, 0.29) is 28.5 Å². The van der Waals surface area contributed by atoms with E-state index < -0.39 is 32.2 Å². The molecule has 36 heavy (non-hydrogen) atoms. The Labute approximate surface area is 204 Å². The van der Waals surface area contributed by atoms with Crippen LogP contribution in [0.5, 0.6) is 0 Å². The molecule has 13 heteroatoms. The van der Waals surface area contributed by atoms with Crippen LogP contribution < -0.4 is 5.14 Å². The van der Waals surface area contributed by atoms with E-state index in [0.29, 0.717) is 11.4 Å². The molecule has 0 aliphatic heterocycles. The molecule has 10 nitrogen and oxygen atoms in total. The van der Waals surface area contributed by atoms with Crippen LogP contribution in [0.25, 0.3) is 17.2 Å². The first-order valence-electron chi connectivity index (χ1n) is 11.1. The fourth-order valence-electron chi connectivity index (χ4n) is 5.93. The van der Waals surface area contributed by atoms with Crippen molar-refractivity contribution >= 4 is 10.0 Å². The summed E-state index contributed by atoms with van der Waals surface area (Å²) in [6.45, 7) is 4.23. The normalized spacial score (nSPS) is 22.1. The van der Waals surface area contributed by atoms with E-state index in [9.17, 15) is 17.2 Å². The zero-order valence-electron chi connectivity index (χ0n) is 19.2. The van der Waals surface area contributed by atoms with Crippen molar-refractivity contribution in [1.82, 2.24) is 34.9 Å². The van der Waals surface area contributed by atoms with Crippen LogP contribution in [-0.2, 0) is 15.4 Å². The molecular weight excluding hydrogens is 490 g/mol. The number of nitrogens with two attached hydrogens (primary N) is 1. The van der Waals surface area contributed by atoms with Crippen molar-refractivity contribution in [3.8, 4) is 17.2 Å². The van der Waals surface area contributed by atoms with Crippen LogP contribution in [0, 0.1) is 17.0 Å². The molecule has 6 rings (SSSR count). The molecule has 184 valence electrons. The van der Waals surface area contributed by atoms with Crippen molar-refractivity contribution < 1.29 is 17.2 Å². The molecule has 0 spiro atoms. The van der Waals surface area contributed by atoms with E-state index >= 15 is 0 Å². The molecule has 0 saturated heterocycles. The largest absolute Gasteiger partial charge is 0.282 e. The fourth-order valence-corrected chi connectivity index (χ4v) is 6.32. The molecular formula is C23H20F2N8O2S. The number of nitrogens with zero attached hydrogens (tertiary/aromatic N) is 7.